The van der Waals surface area contributed by atoms with Gasteiger partial charge in [0.1, 0.15) is 10.4 Å². The van der Waals surface area contributed by atoms with E-state index in [1.54, 1.807) is 12.1 Å². The van der Waals surface area contributed by atoms with E-state index in [9.17, 15) is 9.90 Å². The summed E-state index contributed by atoms with van der Waals surface area (Å²) in [6.07, 6.45) is 0.992. The van der Waals surface area contributed by atoms with E-state index in [2.05, 4.69) is 54.9 Å². The number of aromatic nitrogens is 1. The van der Waals surface area contributed by atoms with Gasteiger partial charge >= 0.3 is 0 Å². The van der Waals surface area contributed by atoms with Crippen molar-refractivity contribution in [1.82, 2.24) is 9.88 Å². The zero-order chi connectivity index (χ0) is 20.5. The molecule has 0 saturated carbocycles. The number of thiophene rings is 1. The van der Waals surface area contributed by atoms with Crippen LogP contribution in [-0.2, 0) is 6.42 Å². The summed E-state index contributed by atoms with van der Waals surface area (Å²) < 4.78 is 0.689. The highest BCUT2D eigenvalue weighted by Gasteiger charge is 2.16. The molecular weight excluding hydrogens is 380 g/mol. The number of H-pyrrole nitrogens is 1. The Morgan fingerprint density at radius 2 is 1.79 bits per heavy atom. The van der Waals surface area contributed by atoms with Gasteiger partial charge in [-0.3, -0.25) is 4.79 Å². The number of rotatable bonds is 6. The molecule has 0 aliphatic heterocycles. The van der Waals surface area contributed by atoms with E-state index in [1.807, 2.05) is 11.4 Å². The van der Waals surface area contributed by atoms with Crippen LogP contribution in [-0.4, -0.2) is 34.1 Å². The highest BCUT2D eigenvalue weighted by Crippen LogP contribution is 2.39. The molecule has 0 aliphatic carbocycles. The van der Waals surface area contributed by atoms with Gasteiger partial charge in [0.15, 0.2) is 0 Å². The first-order valence-electron chi connectivity index (χ1n) is 10.1. The molecule has 29 heavy (non-hydrogen) atoms. The Kier molecular flexibility index (Phi) is 5.43. The predicted octanol–water partition coefficient (Wildman–Crippen LogP) is 5.39. The van der Waals surface area contributed by atoms with Crippen LogP contribution in [0.25, 0.3) is 32.1 Å². The molecule has 0 spiro atoms. The molecule has 1 unspecified atom stereocenters. The van der Waals surface area contributed by atoms with Gasteiger partial charge in [-0.15, -0.1) is 11.3 Å². The van der Waals surface area contributed by atoms with Crippen molar-refractivity contribution in [2.45, 2.75) is 33.2 Å². The summed E-state index contributed by atoms with van der Waals surface area (Å²) in [4.78, 5) is 17.7. The van der Waals surface area contributed by atoms with Crippen molar-refractivity contribution < 1.29 is 5.11 Å². The van der Waals surface area contributed by atoms with Gasteiger partial charge in [-0.05, 0) is 61.1 Å². The Morgan fingerprint density at radius 1 is 1.07 bits per heavy atom. The highest BCUT2D eigenvalue weighted by molar-refractivity contribution is 7.17. The zero-order valence-corrected chi connectivity index (χ0v) is 17.8. The lowest BCUT2D eigenvalue weighted by Gasteiger charge is -2.26. The average Bonchev–Trinajstić information content (AvgIpc) is 3.21. The van der Waals surface area contributed by atoms with Crippen LogP contribution in [0.5, 0.6) is 5.75 Å². The van der Waals surface area contributed by atoms with Crippen LogP contribution in [0, 0.1) is 0 Å². The number of benzene rings is 2. The second-order valence-electron chi connectivity index (χ2n) is 7.47. The maximum absolute atomic E-state index is 12.3. The minimum Gasteiger partial charge on any atom is -0.507 e. The summed E-state index contributed by atoms with van der Waals surface area (Å²) in [6, 6.07) is 14.3. The van der Waals surface area contributed by atoms with E-state index in [4.69, 9.17) is 0 Å². The summed E-state index contributed by atoms with van der Waals surface area (Å²) in [6.45, 7) is 8.76. The fraction of sp³-hybridized carbons (Fsp3) is 0.292. The molecule has 4 nitrogen and oxygen atoms in total. The fourth-order valence-electron chi connectivity index (χ4n) is 4.25. The third kappa shape index (κ3) is 3.56. The molecule has 150 valence electrons. The summed E-state index contributed by atoms with van der Waals surface area (Å²) in [5.41, 5.74) is 3.66. The average molecular weight is 407 g/mol. The third-order valence-electron chi connectivity index (χ3n) is 5.78. The number of hydrogen-bond donors (Lipinski definition) is 2. The Balaban J connectivity index is 1.78. The first-order valence-corrected chi connectivity index (χ1v) is 11.0. The molecule has 0 radical (unpaired) electrons. The molecule has 4 rings (SSSR count). The topological polar surface area (TPSA) is 56.3 Å². The SMILES string of the molecule is CCN(CC)C(C)Cc1ccc(-c2c(O)ccc3[nH]c(=O)c4sccc4c23)cc1. The number of nitrogens with one attached hydrogen (secondary N) is 1. The van der Waals surface area contributed by atoms with Crippen molar-refractivity contribution in [3.05, 3.63) is 63.8 Å². The number of hydrogen-bond acceptors (Lipinski definition) is 4. The lowest BCUT2D eigenvalue weighted by Crippen LogP contribution is -2.34. The molecule has 0 fully saturated rings. The number of phenols is 1. The number of fused-ring (bicyclic) bond motifs is 3. The Morgan fingerprint density at radius 3 is 2.48 bits per heavy atom. The fourth-order valence-corrected chi connectivity index (χ4v) is 5.05. The summed E-state index contributed by atoms with van der Waals surface area (Å²) in [5.74, 6) is 0.223. The van der Waals surface area contributed by atoms with Gasteiger partial charge in [0.2, 0.25) is 0 Å². The van der Waals surface area contributed by atoms with Gasteiger partial charge in [0.05, 0.1) is 0 Å². The number of aromatic amines is 1. The standard InChI is InChI=1S/C24H26N2O2S/c1-4-26(5-2)15(3)14-16-6-8-17(9-7-16)21-20(27)11-10-19-22(21)18-12-13-29-23(18)24(28)25-19/h6-13,15,27H,4-5,14H2,1-3H3,(H,25,28). The number of pyridine rings is 1. The largest absolute Gasteiger partial charge is 0.507 e. The first-order chi connectivity index (χ1) is 14.0. The van der Waals surface area contributed by atoms with E-state index >= 15 is 0 Å². The normalized spacial score (nSPS) is 12.8. The molecule has 2 N–H and O–H groups in total. The van der Waals surface area contributed by atoms with Gasteiger partial charge < -0.3 is 15.0 Å². The minimum absolute atomic E-state index is 0.0834. The molecule has 5 heteroatoms. The van der Waals surface area contributed by atoms with Crippen molar-refractivity contribution in [2.75, 3.05) is 13.1 Å². The molecule has 1 atom stereocenters. The molecular formula is C24H26N2O2S. The molecule has 2 aromatic carbocycles. The van der Waals surface area contributed by atoms with E-state index in [0.29, 0.717) is 10.7 Å². The Bertz CT molecular complexity index is 1200. The number of nitrogens with zero attached hydrogens (tertiary/aromatic N) is 1. The smallest absolute Gasteiger partial charge is 0.266 e. The van der Waals surface area contributed by atoms with Crippen molar-refractivity contribution in [2.24, 2.45) is 0 Å². The first kappa shape index (κ1) is 19.7. The Hall–Kier alpha value is -2.63. The van der Waals surface area contributed by atoms with E-state index in [-0.39, 0.29) is 11.3 Å². The zero-order valence-electron chi connectivity index (χ0n) is 17.0. The number of phenolic OH excluding ortho intramolecular Hbond substituents is 1. The van der Waals surface area contributed by atoms with E-state index < -0.39 is 0 Å². The van der Waals surface area contributed by atoms with Crippen LogP contribution in [0.4, 0.5) is 0 Å². The lowest BCUT2D eigenvalue weighted by molar-refractivity contribution is 0.230. The molecule has 2 aromatic heterocycles. The van der Waals surface area contributed by atoms with Gasteiger partial charge in [0.25, 0.3) is 5.56 Å². The molecule has 0 aliphatic rings. The third-order valence-corrected chi connectivity index (χ3v) is 6.69. The monoisotopic (exact) mass is 406 g/mol. The second kappa shape index (κ2) is 8.01. The van der Waals surface area contributed by atoms with Crippen LogP contribution in [0.3, 0.4) is 0 Å². The summed E-state index contributed by atoms with van der Waals surface area (Å²) >= 11 is 1.42. The number of aromatic hydroxyl groups is 1. The van der Waals surface area contributed by atoms with Crippen LogP contribution in [0.1, 0.15) is 26.3 Å². The van der Waals surface area contributed by atoms with Crippen LogP contribution in [0.15, 0.2) is 52.6 Å². The molecule has 4 aromatic rings. The lowest BCUT2D eigenvalue weighted by atomic mass is 9.95. The summed E-state index contributed by atoms with van der Waals surface area (Å²) in [7, 11) is 0. The maximum Gasteiger partial charge on any atom is 0.266 e. The van der Waals surface area contributed by atoms with Crippen LogP contribution >= 0.6 is 11.3 Å². The van der Waals surface area contributed by atoms with Crippen molar-refractivity contribution in [3.63, 3.8) is 0 Å². The van der Waals surface area contributed by atoms with Crippen LogP contribution in [0.2, 0.25) is 0 Å². The second-order valence-corrected chi connectivity index (χ2v) is 8.39. The predicted molar refractivity (Wildman–Crippen MR) is 123 cm³/mol. The van der Waals surface area contributed by atoms with Crippen LogP contribution < -0.4 is 5.56 Å². The number of likely N-dealkylation sites (N-methyl/N-ethyl adjacent to an activating group) is 1. The van der Waals surface area contributed by atoms with Crippen molar-refractivity contribution in [3.8, 4) is 16.9 Å². The molecule has 0 saturated heterocycles. The van der Waals surface area contributed by atoms with Gasteiger partial charge in [-0.25, -0.2) is 0 Å². The quantitative estimate of drug-likeness (QED) is 0.451. The highest BCUT2D eigenvalue weighted by atomic mass is 32.1. The van der Waals surface area contributed by atoms with Gasteiger partial charge in [-0.2, -0.15) is 0 Å². The van der Waals surface area contributed by atoms with E-state index in [1.165, 1.54) is 16.9 Å². The Labute approximate surface area is 174 Å². The summed E-state index contributed by atoms with van der Waals surface area (Å²) in [5, 5.41) is 14.4. The molecule has 0 amide bonds. The van der Waals surface area contributed by atoms with E-state index in [0.717, 1.165) is 46.9 Å². The molecule has 2 heterocycles. The molecule has 0 bridgehead atoms. The van der Waals surface area contributed by atoms with Gasteiger partial charge in [-0.1, -0.05) is 38.1 Å². The maximum atomic E-state index is 12.3. The minimum atomic E-state index is -0.0834. The van der Waals surface area contributed by atoms with Crippen molar-refractivity contribution in [1.29, 1.82) is 0 Å². The van der Waals surface area contributed by atoms with Crippen molar-refractivity contribution >= 4 is 32.3 Å². The van der Waals surface area contributed by atoms with Gasteiger partial charge in [0, 0.05) is 27.9 Å².